The summed E-state index contributed by atoms with van der Waals surface area (Å²) >= 11 is 0. The highest BCUT2D eigenvalue weighted by atomic mass is 16.7. The maximum atomic E-state index is 11.4. The zero-order valence-electron chi connectivity index (χ0n) is 7.08. The molecule has 0 aromatic rings. The topological polar surface area (TPSA) is 35.5 Å². The monoisotopic (exact) mass is 168 g/mol. The number of carbonyl (C=O) groups is 1. The van der Waals surface area contributed by atoms with Crippen molar-refractivity contribution >= 4 is 5.97 Å². The summed E-state index contributed by atoms with van der Waals surface area (Å²) in [7, 11) is 0. The molecule has 4 heterocycles. The molecule has 1 aliphatic carbocycles. The van der Waals surface area contributed by atoms with Gasteiger partial charge in [0.25, 0.3) is 0 Å². The maximum absolute atomic E-state index is 11.4. The van der Waals surface area contributed by atoms with E-state index in [1.807, 2.05) is 6.92 Å². The van der Waals surface area contributed by atoms with Crippen LogP contribution in [0.2, 0.25) is 0 Å². The Labute approximate surface area is 71.0 Å². The summed E-state index contributed by atoms with van der Waals surface area (Å²) in [6.45, 7) is 1.88. The SMILES string of the molecule is C[C@@]12CCC3C[C@@H](O1)[C@H]3C(=O)O2. The van der Waals surface area contributed by atoms with Gasteiger partial charge in [-0.2, -0.15) is 0 Å². The number of rotatable bonds is 0. The first-order valence-corrected chi connectivity index (χ1v) is 4.59. The lowest BCUT2D eigenvalue weighted by Crippen LogP contribution is -2.55. The lowest BCUT2D eigenvalue weighted by molar-refractivity contribution is -0.290. The van der Waals surface area contributed by atoms with E-state index < -0.39 is 5.79 Å². The van der Waals surface area contributed by atoms with Gasteiger partial charge < -0.3 is 9.47 Å². The molecule has 5 fully saturated rings. The van der Waals surface area contributed by atoms with Gasteiger partial charge in [0.15, 0.2) is 0 Å². The van der Waals surface area contributed by atoms with Crippen LogP contribution in [0.25, 0.3) is 0 Å². The zero-order chi connectivity index (χ0) is 8.34. The molecule has 5 rings (SSSR count). The number of hydrogen-bond acceptors (Lipinski definition) is 3. The largest absolute Gasteiger partial charge is 0.433 e. The molecule has 0 radical (unpaired) electrons. The van der Waals surface area contributed by atoms with Crippen LogP contribution in [0, 0.1) is 11.8 Å². The molecule has 4 saturated heterocycles. The van der Waals surface area contributed by atoms with Crippen molar-refractivity contribution in [1.82, 2.24) is 0 Å². The van der Waals surface area contributed by atoms with E-state index in [2.05, 4.69) is 0 Å². The van der Waals surface area contributed by atoms with Gasteiger partial charge >= 0.3 is 5.97 Å². The summed E-state index contributed by atoms with van der Waals surface area (Å²) in [5, 5.41) is 0. The first-order chi connectivity index (χ1) is 5.68. The first-order valence-electron chi connectivity index (χ1n) is 4.59. The summed E-state index contributed by atoms with van der Waals surface area (Å²) in [5.41, 5.74) is 0. The smallest absolute Gasteiger partial charge is 0.314 e. The molecule has 4 aliphatic heterocycles. The summed E-state index contributed by atoms with van der Waals surface area (Å²) < 4.78 is 10.9. The van der Waals surface area contributed by atoms with E-state index in [-0.39, 0.29) is 18.0 Å². The molecule has 4 atom stereocenters. The Balaban J connectivity index is 2.01. The fourth-order valence-corrected chi connectivity index (χ4v) is 2.65. The molecular formula is C9H12O3. The van der Waals surface area contributed by atoms with Gasteiger partial charge in [-0.1, -0.05) is 0 Å². The molecule has 1 saturated carbocycles. The molecular weight excluding hydrogens is 156 g/mol. The lowest BCUT2D eigenvalue weighted by Gasteiger charge is -2.46. The lowest BCUT2D eigenvalue weighted by atomic mass is 9.70. The second kappa shape index (κ2) is 1.84. The maximum Gasteiger partial charge on any atom is 0.314 e. The minimum Gasteiger partial charge on any atom is -0.433 e. The fraction of sp³-hybridized carbons (Fsp3) is 0.889. The predicted molar refractivity (Wildman–Crippen MR) is 40.2 cm³/mol. The van der Waals surface area contributed by atoms with Crippen LogP contribution < -0.4 is 0 Å². The number of carbonyl (C=O) groups excluding carboxylic acids is 1. The molecule has 4 bridgehead atoms. The van der Waals surface area contributed by atoms with Gasteiger partial charge in [-0.25, -0.2) is 0 Å². The van der Waals surface area contributed by atoms with E-state index in [1.54, 1.807) is 0 Å². The Morgan fingerprint density at radius 2 is 2.42 bits per heavy atom. The Kier molecular flexibility index (Phi) is 1.06. The third kappa shape index (κ3) is 0.678. The van der Waals surface area contributed by atoms with E-state index >= 15 is 0 Å². The second-order valence-electron chi connectivity index (χ2n) is 4.27. The second-order valence-corrected chi connectivity index (χ2v) is 4.27. The van der Waals surface area contributed by atoms with Crippen LogP contribution in [-0.4, -0.2) is 17.9 Å². The third-order valence-electron chi connectivity index (χ3n) is 3.40. The van der Waals surface area contributed by atoms with Crippen molar-refractivity contribution < 1.29 is 14.3 Å². The summed E-state index contributed by atoms with van der Waals surface area (Å²) in [6.07, 6.45) is 3.19. The van der Waals surface area contributed by atoms with Crippen LogP contribution >= 0.6 is 0 Å². The van der Waals surface area contributed by atoms with Gasteiger partial charge in [0.1, 0.15) is 0 Å². The quantitative estimate of drug-likeness (QED) is 0.507. The normalized spacial score (nSPS) is 55.8. The Hall–Kier alpha value is -0.570. The molecule has 3 heteroatoms. The van der Waals surface area contributed by atoms with Gasteiger partial charge in [0.2, 0.25) is 5.79 Å². The van der Waals surface area contributed by atoms with Crippen molar-refractivity contribution in [3.63, 3.8) is 0 Å². The molecule has 0 amide bonds. The number of ether oxygens (including phenoxy) is 2. The first kappa shape index (κ1) is 6.89. The minimum absolute atomic E-state index is 0.0255. The summed E-state index contributed by atoms with van der Waals surface area (Å²) in [5.74, 6) is -0.00125. The van der Waals surface area contributed by atoms with E-state index in [9.17, 15) is 4.79 Å². The predicted octanol–water partition coefficient (Wildman–Crippen LogP) is 1.07. The van der Waals surface area contributed by atoms with Crippen LogP contribution in [0.5, 0.6) is 0 Å². The van der Waals surface area contributed by atoms with Crippen LogP contribution in [-0.2, 0) is 14.3 Å². The number of fused-ring (bicyclic) bond motifs is 1. The van der Waals surface area contributed by atoms with Crippen molar-refractivity contribution in [2.75, 3.05) is 0 Å². The standard InChI is InChI=1S/C9H12O3/c1-9-3-2-5-4-6(11-9)7(5)8(10)12-9/h5-7H,2-4H2,1H3/t5?,6-,7+,9-/m1/s1. The molecule has 0 aromatic carbocycles. The molecule has 12 heavy (non-hydrogen) atoms. The zero-order valence-corrected chi connectivity index (χ0v) is 7.08. The average Bonchev–Trinajstić information content (AvgIpc) is 2.16. The fourth-order valence-electron chi connectivity index (χ4n) is 2.65. The van der Waals surface area contributed by atoms with Crippen LogP contribution in [0.3, 0.4) is 0 Å². The van der Waals surface area contributed by atoms with Crippen molar-refractivity contribution in [3.05, 3.63) is 0 Å². The molecule has 1 unspecified atom stereocenters. The van der Waals surface area contributed by atoms with Gasteiger partial charge in [-0.3, -0.25) is 4.79 Å². The highest BCUT2D eigenvalue weighted by Crippen LogP contribution is 2.51. The van der Waals surface area contributed by atoms with Crippen molar-refractivity contribution in [3.8, 4) is 0 Å². The average molecular weight is 168 g/mol. The van der Waals surface area contributed by atoms with E-state index in [1.165, 1.54) is 0 Å². The minimum atomic E-state index is -0.594. The molecule has 5 aliphatic rings. The van der Waals surface area contributed by atoms with Gasteiger partial charge in [-0.15, -0.1) is 0 Å². The highest BCUT2D eigenvalue weighted by molar-refractivity contribution is 5.76. The van der Waals surface area contributed by atoms with Crippen molar-refractivity contribution in [2.45, 2.75) is 38.1 Å². The van der Waals surface area contributed by atoms with E-state index in [4.69, 9.17) is 9.47 Å². The van der Waals surface area contributed by atoms with Crippen LogP contribution in [0.4, 0.5) is 0 Å². The summed E-state index contributed by atoms with van der Waals surface area (Å²) in [4.78, 5) is 11.4. The van der Waals surface area contributed by atoms with Crippen molar-refractivity contribution in [1.29, 1.82) is 0 Å². The Morgan fingerprint density at radius 3 is 3.17 bits per heavy atom. The van der Waals surface area contributed by atoms with Crippen LogP contribution in [0.1, 0.15) is 26.2 Å². The number of esters is 1. The van der Waals surface area contributed by atoms with Crippen molar-refractivity contribution in [2.24, 2.45) is 11.8 Å². The third-order valence-corrected chi connectivity index (χ3v) is 3.40. The molecule has 0 aromatic heterocycles. The van der Waals surface area contributed by atoms with Gasteiger partial charge in [0, 0.05) is 13.3 Å². The summed E-state index contributed by atoms with van der Waals surface area (Å²) in [6, 6.07) is 0. The van der Waals surface area contributed by atoms with Gasteiger partial charge in [0.05, 0.1) is 12.0 Å². The highest BCUT2D eigenvalue weighted by Gasteiger charge is 2.58. The van der Waals surface area contributed by atoms with E-state index in [0.717, 1.165) is 19.3 Å². The Bertz CT molecular complexity index is 250. The van der Waals surface area contributed by atoms with Gasteiger partial charge in [-0.05, 0) is 18.8 Å². The van der Waals surface area contributed by atoms with E-state index in [0.29, 0.717) is 5.92 Å². The molecule has 0 spiro atoms. The molecule has 3 nitrogen and oxygen atoms in total. The molecule has 0 N–H and O–H groups in total. The number of hydrogen-bond donors (Lipinski definition) is 0. The molecule has 66 valence electrons. The Morgan fingerprint density at radius 1 is 1.58 bits per heavy atom. The van der Waals surface area contributed by atoms with Crippen LogP contribution in [0.15, 0.2) is 0 Å².